The summed E-state index contributed by atoms with van der Waals surface area (Å²) in [6.45, 7) is 32.6. The number of piperidine rings is 2. The van der Waals surface area contributed by atoms with E-state index in [1.165, 1.54) is 58.0 Å². The second-order valence-corrected chi connectivity index (χ2v) is 16.2. The van der Waals surface area contributed by atoms with Crippen molar-refractivity contribution in [3.63, 3.8) is 0 Å². The van der Waals surface area contributed by atoms with E-state index < -0.39 is 0 Å². The van der Waals surface area contributed by atoms with Crippen LogP contribution in [0, 0.1) is 45.3 Å². The Morgan fingerprint density at radius 1 is 0.667 bits per heavy atom. The zero-order valence-electron chi connectivity index (χ0n) is 24.7. The third-order valence-electron chi connectivity index (χ3n) is 11.1. The van der Waals surface area contributed by atoms with E-state index >= 15 is 0 Å². The van der Waals surface area contributed by atoms with E-state index in [1.54, 1.807) is 0 Å². The maximum Gasteiger partial charge on any atom is 0.0132 e. The highest BCUT2D eigenvalue weighted by Crippen LogP contribution is 2.60. The molecular weight excluding hydrogens is 400 g/mol. The van der Waals surface area contributed by atoms with Gasteiger partial charge in [-0.1, -0.05) is 61.8 Å². The molecule has 2 heteroatoms. The van der Waals surface area contributed by atoms with Crippen LogP contribution < -0.4 is 10.6 Å². The topological polar surface area (TPSA) is 24.1 Å². The van der Waals surface area contributed by atoms with Crippen LogP contribution in [0.3, 0.4) is 0 Å². The van der Waals surface area contributed by atoms with Crippen molar-refractivity contribution in [3.8, 4) is 0 Å². The first-order valence-corrected chi connectivity index (χ1v) is 14.4. The molecular formula is C31H60N2. The maximum atomic E-state index is 3.92. The lowest BCUT2D eigenvalue weighted by Crippen LogP contribution is -2.61. The summed E-state index contributed by atoms with van der Waals surface area (Å²) in [4.78, 5) is 0. The van der Waals surface area contributed by atoms with Crippen LogP contribution in [0.15, 0.2) is 0 Å². The molecule has 0 radical (unpaired) electrons. The lowest BCUT2D eigenvalue weighted by atomic mass is 9.46. The van der Waals surface area contributed by atoms with Gasteiger partial charge >= 0.3 is 0 Å². The fourth-order valence-corrected chi connectivity index (χ4v) is 10.2. The first kappa shape index (κ1) is 27.5. The Morgan fingerprint density at radius 3 is 1.52 bits per heavy atom. The molecule has 2 N–H and O–H groups in total. The minimum atomic E-state index is 0.244. The van der Waals surface area contributed by atoms with E-state index in [-0.39, 0.29) is 11.1 Å². The molecule has 2 nitrogen and oxygen atoms in total. The summed E-state index contributed by atoms with van der Waals surface area (Å²) >= 11 is 0. The van der Waals surface area contributed by atoms with Gasteiger partial charge in [0.05, 0.1) is 0 Å². The van der Waals surface area contributed by atoms with Crippen molar-refractivity contribution in [2.75, 3.05) is 13.1 Å². The quantitative estimate of drug-likeness (QED) is 0.433. The second kappa shape index (κ2) is 8.79. The van der Waals surface area contributed by atoms with E-state index in [0.717, 1.165) is 23.7 Å². The van der Waals surface area contributed by atoms with Crippen molar-refractivity contribution in [1.29, 1.82) is 0 Å². The lowest BCUT2D eigenvalue weighted by molar-refractivity contribution is -0.107. The maximum absolute atomic E-state index is 3.92. The van der Waals surface area contributed by atoms with Crippen LogP contribution in [0.5, 0.6) is 0 Å². The summed E-state index contributed by atoms with van der Waals surface area (Å²) < 4.78 is 0. The number of hydrogen-bond acceptors (Lipinski definition) is 2. The molecule has 0 amide bonds. The van der Waals surface area contributed by atoms with Gasteiger partial charge in [0.25, 0.3) is 0 Å². The molecule has 3 aliphatic rings. The van der Waals surface area contributed by atoms with Crippen LogP contribution in [0.2, 0.25) is 0 Å². The van der Waals surface area contributed by atoms with Crippen molar-refractivity contribution >= 4 is 0 Å². The Hall–Kier alpha value is -0.0800. The predicted octanol–water partition coefficient (Wildman–Crippen LogP) is 8.06. The monoisotopic (exact) mass is 460 g/mol. The Bertz CT molecular complexity index is 645. The van der Waals surface area contributed by atoms with Gasteiger partial charge in [-0.15, -0.1) is 0 Å². The molecule has 3 fully saturated rings. The first-order chi connectivity index (χ1) is 14.9. The highest BCUT2D eigenvalue weighted by atomic mass is 15.0. The first-order valence-electron chi connectivity index (χ1n) is 14.4. The number of nitrogens with one attached hydrogen (secondary N) is 2. The predicted molar refractivity (Wildman–Crippen MR) is 146 cm³/mol. The molecule has 0 bridgehead atoms. The smallest absolute Gasteiger partial charge is 0.0132 e. The van der Waals surface area contributed by atoms with Crippen LogP contribution in [0.1, 0.15) is 128 Å². The van der Waals surface area contributed by atoms with Gasteiger partial charge in [0.2, 0.25) is 0 Å². The Kier molecular flexibility index (Phi) is 7.33. The second-order valence-electron chi connectivity index (χ2n) is 16.2. The van der Waals surface area contributed by atoms with E-state index in [9.17, 15) is 0 Å². The van der Waals surface area contributed by atoms with Crippen LogP contribution in [0.25, 0.3) is 0 Å². The Labute approximate surface area is 208 Å². The zero-order valence-corrected chi connectivity index (χ0v) is 24.7. The molecule has 1 aliphatic carbocycles. The SMILES string of the molecule is CCC(C)(C1CCC(C(C)(C)C2CC(C)(C)NC(C)(C)C2)CC1)C1C(C)(C)CNCC1(C)C. The molecule has 0 aromatic heterocycles. The van der Waals surface area contributed by atoms with E-state index in [2.05, 4.69) is 93.7 Å². The molecule has 3 rings (SSSR count). The van der Waals surface area contributed by atoms with Gasteiger partial charge < -0.3 is 10.6 Å². The van der Waals surface area contributed by atoms with Crippen molar-refractivity contribution in [3.05, 3.63) is 0 Å². The molecule has 2 saturated heterocycles. The zero-order chi connectivity index (χ0) is 25.1. The van der Waals surface area contributed by atoms with Crippen molar-refractivity contribution in [2.45, 2.75) is 139 Å². The highest BCUT2D eigenvalue weighted by molar-refractivity contribution is 5.07. The summed E-state index contributed by atoms with van der Waals surface area (Å²) in [5, 5.41) is 7.68. The summed E-state index contributed by atoms with van der Waals surface area (Å²) in [5.41, 5.74) is 2.06. The molecule has 1 atom stereocenters. The minimum absolute atomic E-state index is 0.244. The average molecular weight is 461 g/mol. The van der Waals surface area contributed by atoms with Crippen LogP contribution in [-0.2, 0) is 0 Å². The third-order valence-corrected chi connectivity index (χ3v) is 11.1. The van der Waals surface area contributed by atoms with Gasteiger partial charge in [-0.05, 0) is 112 Å². The van der Waals surface area contributed by atoms with Crippen molar-refractivity contribution in [1.82, 2.24) is 10.6 Å². The molecule has 0 spiro atoms. The Morgan fingerprint density at radius 2 is 1.09 bits per heavy atom. The molecule has 2 aliphatic heterocycles. The molecule has 2 heterocycles. The summed E-state index contributed by atoms with van der Waals surface area (Å²) in [5.74, 6) is 3.32. The van der Waals surface area contributed by atoms with Crippen molar-refractivity contribution in [2.24, 2.45) is 45.3 Å². The lowest BCUT2D eigenvalue weighted by Gasteiger charge is -2.61. The van der Waals surface area contributed by atoms with Crippen LogP contribution >= 0.6 is 0 Å². The Balaban J connectivity index is 1.76. The standard InChI is InChI=1S/C31H60N2/c1-13-31(12,25-26(2,3)20-32-21-27(25,4)5)23-16-14-22(15-17-23)30(10,11)24-18-28(6,7)33-29(8,9)19-24/h22-25,32-33H,13-21H2,1-12H3. The summed E-state index contributed by atoms with van der Waals surface area (Å²) in [7, 11) is 0. The molecule has 0 aromatic rings. The summed E-state index contributed by atoms with van der Waals surface area (Å²) in [6.07, 6.45) is 9.69. The minimum Gasteiger partial charge on any atom is -0.316 e. The normalized spacial score (nSPS) is 34.5. The van der Waals surface area contributed by atoms with E-state index in [0.29, 0.717) is 21.7 Å². The summed E-state index contributed by atoms with van der Waals surface area (Å²) in [6, 6.07) is 0. The van der Waals surface area contributed by atoms with Gasteiger partial charge in [0.15, 0.2) is 0 Å². The van der Waals surface area contributed by atoms with Crippen LogP contribution in [-0.4, -0.2) is 24.2 Å². The van der Waals surface area contributed by atoms with E-state index in [4.69, 9.17) is 0 Å². The van der Waals surface area contributed by atoms with Gasteiger partial charge in [0, 0.05) is 24.2 Å². The number of rotatable bonds is 5. The molecule has 1 saturated carbocycles. The fourth-order valence-electron chi connectivity index (χ4n) is 10.2. The van der Waals surface area contributed by atoms with Gasteiger partial charge in [-0.3, -0.25) is 0 Å². The van der Waals surface area contributed by atoms with Crippen molar-refractivity contribution < 1.29 is 0 Å². The van der Waals surface area contributed by atoms with Crippen LogP contribution in [0.4, 0.5) is 0 Å². The molecule has 0 aromatic carbocycles. The van der Waals surface area contributed by atoms with E-state index in [1.807, 2.05) is 0 Å². The molecule has 33 heavy (non-hydrogen) atoms. The third kappa shape index (κ3) is 5.37. The fraction of sp³-hybridized carbons (Fsp3) is 1.00. The highest BCUT2D eigenvalue weighted by Gasteiger charge is 2.56. The molecule has 1 unspecified atom stereocenters. The molecule has 194 valence electrons. The van der Waals surface area contributed by atoms with Gasteiger partial charge in [-0.25, -0.2) is 0 Å². The number of hydrogen-bond donors (Lipinski definition) is 2. The van der Waals surface area contributed by atoms with Gasteiger partial charge in [-0.2, -0.15) is 0 Å². The van der Waals surface area contributed by atoms with Gasteiger partial charge in [0.1, 0.15) is 0 Å². The largest absolute Gasteiger partial charge is 0.316 e. The average Bonchev–Trinajstić information content (AvgIpc) is 2.64.